The molecule has 1 unspecified atom stereocenters. The third kappa shape index (κ3) is 1.62. The van der Waals surface area contributed by atoms with E-state index in [0.717, 1.165) is 0 Å². The van der Waals surface area contributed by atoms with Crippen LogP contribution in [0.2, 0.25) is 0 Å². The molecule has 1 atom stereocenters. The first-order valence-corrected chi connectivity index (χ1v) is 2.72. The molecule has 0 aliphatic carbocycles. The van der Waals surface area contributed by atoms with Gasteiger partial charge < -0.3 is 10.8 Å². The number of hydrogen-bond donors (Lipinski definition) is 2. The van der Waals surface area contributed by atoms with Crippen molar-refractivity contribution in [3.05, 3.63) is 0 Å². The zero-order valence-electron chi connectivity index (χ0n) is 5.77. The number of primary amides is 1. The van der Waals surface area contributed by atoms with Crippen LogP contribution in [0.25, 0.3) is 0 Å². The molecule has 3 nitrogen and oxygen atoms in total. The molecular formula is C5H8F3NO2. The van der Waals surface area contributed by atoms with Crippen molar-refractivity contribution in [2.45, 2.75) is 18.4 Å². The van der Waals surface area contributed by atoms with Gasteiger partial charge in [-0.1, -0.05) is 0 Å². The normalized spacial score (nSPS) is 17.5. The van der Waals surface area contributed by atoms with E-state index < -0.39 is 24.1 Å². The second-order valence-corrected chi connectivity index (χ2v) is 2.35. The minimum Gasteiger partial charge on any atom is -0.381 e. The van der Waals surface area contributed by atoms with Crippen molar-refractivity contribution in [1.82, 2.24) is 0 Å². The van der Waals surface area contributed by atoms with Crippen molar-refractivity contribution in [2.24, 2.45) is 5.73 Å². The average Bonchev–Trinajstić information content (AvgIpc) is 1.87. The molecule has 0 rings (SSSR count). The molecule has 0 spiro atoms. The highest BCUT2D eigenvalue weighted by Crippen LogP contribution is 2.28. The number of alkyl halides is 3. The van der Waals surface area contributed by atoms with E-state index in [0.29, 0.717) is 6.92 Å². The van der Waals surface area contributed by atoms with E-state index in [4.69, 9.17) is 5.11 Å². The van der Waals surface area contributed by atoms with Crippen LogP contribution in [0.1, 0.15) is 6.92 Å². The molecule has 1 amide bonds. The second-order valence-electron chi connectivity index (χ2n) is 2.35. The van der Waals surface area contributed by atoms with Gasteiger partial charge >= 0.3 is 5.92 Å². The van der Waals surface area contributed by atoms with Gasteiger partial charge in [0.1, 0.15) is 6.67 Å². The lowest BCUT2D eigenvalue weighted by Gasteiger charge is -2.26. The number of aliphatic hydroxyl groups is 1. The molecule has 0 bridgehead atoms. The van der Waals surface area contributed by atoms with Crippen LogP contribution in [0.5, 0.6) is 0 Å². The fourth-order valence-corrected chi connectivity index (χ4v) is 0.349. The van der Waals surface area contributed by atoms with E-state index in [2.05, 4.69) is 5.73 Å². The van der Waals surface area contributed by atoms with Crippen molar-refractivity contribution >= 4 is 5.91 Å². The van der Waals surface area contributed by atoms with Gasteiger partial charge in [-0.25, -0.2) is 4.39 Å². The van der Waals surface area contributed by atoms with Gasteiger partial charge in [-0.3, -0.25) is 4.79 Å². The van der Waals surface area contributed by atoms with E-state index in [1.54, 1.807) is 0 Å². The Kier molecular flexibility index (Phi) is 2.50. The third-order valence-electron chi connectivity index (χ3n) is 1.25. The Balaban J connectivity index is 4.67. The maximum atomic E-state index is 12.4. The highest BCUT2D eigenvalue weighted by molar-refractivity contribution is 5.83. The topological polar surface area (TPSA) is 63.3 Å². The molecular weight excluding hydrogens is 163 g/mol. The van der Waals surface area contributed by atoms with Gasteiger partial charge in [-0.15, -0.1) is 0 Å². The lowest BCUT2D eigenvalue weighted by atomic mass is 9.99. The van der Waals surface area contributed by atoms with E-state index in [-0.39, 0.29) is 0 Å². The van der Waals surface area contributed by atoms with E-state index >= 15 is 0 Å². The predicted octanol–water partition coefficient (Wildman–Crippen LogP) is -0.172. The molecule has 0 saturated carbocycles. The molecule has 0 saturated heterocycles. The quantitative estimate of drug-likeness (QED) is 0.619. The molecule has 66 valence electrons. The lowest BCUT2D eigenvalue weighted by molar-refractivity contribution is -0.188. The molecule has 6 heteroatoms. The Labute approximate surface area is 61.0 Å². The van der Waals surface area contributed by atoms with Crippen LogP contribution < -0.4 is 5.73 Å². The number of carbonyl (C=O) groups is 1. The van der Waals surface area contributed by atoms with Gasteiger partial charge in [-0.2, -0.15) is 8.78 Å². The third-order valence-corrected chi connectivity index (χ3v) is 1.25. The number of halogens is 3. The highest BCUT2D eigenvalue weighted by Gasteiger charge is 2.54. The van der Waals surface area contributed by atoms with Crippen LogP contribution in [-0.4, -0.2) is 29.2 Å². The Bertz CT molecular complexity index is 169. The first kappa shape index (κ1) is 10.2. The Hall–Kier alpha value is -0.780. The van der Waals surface area contributed by atoms with Crippen molar-refractivity contribution in [1.29, 1.82) is 0 Å². The summed E-state index contributed by atoms with van der Waals surface area (Å²) in [5.74, 6) is -6.28. The van der Waals surface area contributed by atoms with Crippen LogP contribution in [0.4, 0.5) is 13.2 Å². The maximum Gasteiger partial charge on any atom is 0.354 e. The number of nitrogens with two attached hydrogens (primary N) is 1. The van der Waals surface area contributed by atoms with Crippen LogP contribution in [-0.2, 0) is 4.79 Å². The summed E-state index contributed by atoms with van der Waals surface area (Å²) in [6.45, 7) is -1.24. The van der Waals surface area contributed by atoms with Gasteiger partial charge in [0.25, 0.3) is 5.91 Å². The maximum absolute atomic E-state index is 12.4. The minimum absolute atomic E-state index is 0.498. The average molecular weight is 171 g/mol. The van der Waals surface area contributed by atoms with Gasteiger partial charge in [0, 0.05) is 0 Å². The van der Waals surface area contributed by atoms with Gasteiger partial charge in [-0.05, 0) is 6.92 Å². The summed E-state index contributed by atoms with van der Waals surface area (Å²) >= 11 is 0. The van der Waals surface area contributed by atoms with Crippen LogP contribution in [0.3, 0.4) is 0 Å². The molecule has 0 radical (unpaired) electrons. The number of amides is 1. The van der Waals surface area contributed by atoms with Gasteiger partial charge in [0.15, 0.2) is 5.60 Å². The van der Waals surface area contributed by atoms with E-state index in [9.17, 15) is 18.0 Å². The smallest absolute Gasteiger partial charge is 0.354 e. The highest BCUT2D eigenvalue weighted by atomic mass is 19.3. The number of hydrogen-bond acceptors (Lipinski definition) is 2. The summed E-state index contributed by atoms with van der Waals surface area (Å²) in [4.78, 5) is 9.97. The minimum atomic E-state index is -4.23. The monoisotopic (exact) mass is 171 g/mol. The zero-order chi connectivity index (χ0) is 9.28. The Morgan fingerprint density at radius 1 is 1.64 bits per heavy atom. The summed E-state index contributed by atoms with van der Waals surface area (Å²) in [5, 5.41) is 8.60. The Morgan fingerprint density at radius 3 is 2.09 bits per heavy atom. The van der Waals surface area contributed by atoms with E-state index in [1.165, 1.54) is 0 Å². The van der Waals surface area contributed by atoms with Crippen molar-refractivity contribution in [3.63, 3.8) is 0 Å². The fraction of sp³-hybridized carbons (Fsp3) is 0.800. The van der Waals surface area contributed by atoms with Crippen molar-refractivity contribution in [3.8, 4) is 0 Å². The number of carbonyl (C=O) groups excluding carboxylic acids is 1. The molecule has 3 N–H and O–H groups in total. The summed E-state index contributed by atoms with van der Waals surface area (Å²) in [6.07, 6.45) is 0. The first-order chi connectivity index (χ1) is 4.75. The van der Waals surface area contributed by atoms with Crippen molar-refractivity contribution < 1.29 is 23.1 Å². The lowest BCUT2D eigenvalue weighted by Crippen LogP contribution is -2.55. The molecule has 0 aliphatic rings. The SMILES string of the molecule is CC(O)(CF)C(F)(F)C(N)=O. The number of rotatable bonds is 3. The van der Waals surface area contributed by atoms with Gasteiger partial charge in [0.05, 0.1) is 0 Å². The zero-order valence-corrected chi connectivity index (χ0v) is 5.77. The Morgan fingerprint density at radius 2 is 2.00 bits per heavy atom. The predicted molar refractivity (Wildman–Crippen MR) is 30.7 cm³/mol. The first-order valence-electron chi connectivity index (χ1n) is 2.72. The van der Waals surface area contributed by atoms with Crippen LogP contribution in [0.15, 0.2) is 0 Å². The summed E-state index contributed by atoms with van der Waals surface area (Å²) in [6, 6.07) is 0. The molecule has 0 aromatic heterocycles. The van der Waals surface area contributed by atoms with Crippen LogP contribution in [0, 0.1) is 0 Å². The summed E-state index contributed by atoms with van der Waals surface area (Å²) in [7, 11) is 0. The van der Waals surface area contributed by atoms with Gasteiger partial charge in [0.2, 0.25) is 0 Å². The fourth-order valence-electron chi connectivity index (χ4n) is 0.349. The standard InChI is InChI=1S/C5H8F3NO2/c1-4(11,2-6)5(7,8)3(9)10/h11H,2H2,1H3,(H2,9,10). The van der Waals surface area contributed by atoms with Crippen LogP contribution >= 0.6 is 0 Å². The molecule has 0 aromatic carbocycles. The molecule has 11 heavy (non-hydrogen) atoms. The van der Waals surface area contributed by atoms with Crippen molar-refractivity contribution in [2.75, 3.05) is 6.67 Å². The molecule has 0 aliphatic heterocycles. The second kappa shape index (κ2) is 2.69. The summed E-state index contributed by atoms with van der Waals surface area (Å²) < 4.78 is 36.4. The molecule has 0 aromatic rings. The molecule has 0 fully saturated rings. The summed E-state index contributed by atoms with van der Waals surface area (Å²) in [5.41, 5.74) is 1.20. The molecule has 0 heterocycles. The largest absolute Gasteiger partial charge is 0.381 e. The van der Waals surface area contributed by atoms with E-state index in [1.807, 2.05) is 0 Å².